The Morgan fingerprint density at radius 1 is 1.30 bits per heavy atom. The van der Waals surface area contributed by atoms with E-state index in [-0.39, 0.29) is 17.9 Å². The average Bonchev–Trinajstić information content (AvgIpc) is 3.73. The second kappa shape index (κ2) is 9.44. The summed E-state index contributed by atoms with van der Waals surface area (Å²) in [5.74, 6) is 1.15. The van der Waals surface area contributed by atoms with Crippen LogP contribution in [0.2, 0.25) is 0 Å². The van der Waals surface area contributed by atoms with Gasteiger partial charge in [-0.15, -0.1) is 0 Å². The van der Waals surface area contributed by atoms with Crippen LogP contribution in [0.1, 0.15) is 55.7 Å². The second-order valence-corrected chi connectivity index (χ2v) is 9.00. The van der Waals surface area contributed by atoms with E-state index in [0.717, 1.165) is 42.6 Å². The lowest BCUT2D eigenvalue weighted by molar-refractivity contribution is 0.214. The molecule has 3 N–H and O–H groups in total. The highest BCUT2D eigenvalue weighted by Gasteiger charge is 2.30. The Labute approximate surface area is 192 Å². The van der Waals surface area contributed by atoms with Gasteiger partial charge in [-0.2, -0.15) is 0 Å². The van der Waals surface area contributed by atoms with Gasteiger partial charge in [0.15, 0.2) is 11.6 Å². The lowest BCUT2D eigenvalue weighted by atomic mass is 10.1. The first-order valence-electron chi connectivity index (χ1n) is 11.5. The van der Waals surface area contributed by atoms with Crippen LogP contribution < -0.4 is 20.9 Å². The van der Waals surface area contributed by atoms with Crippen molar-refractivity contribution in [3.05, 3.63) is 64.6 Å². The number of halogens is 1. The first kappa shape index (κ1) is 21.8. The molecule has 9 heteroatoms. The Balaban J connectivity index is 1.12. The summed E-state index contributed by atoms with van der Waals surface area (Å²) in [6, 6.07) is 6.65. The minimum absolute atomic E-state index is 0.0580. The van der Waals surface area contributed by atoms with Gasteiger partial charge in [0, 0.05) is 17.9 Å². The SMILES string of the molecule is CC(NNCc1ccnc(CN2CC(=C3CC3)NC2=O)n1)c1ccc(F)c(OCC2CC2)c1. The van der Waals surface area contributed by atoms with Crippen LogP contribution in [-0.4, -0.2) is 34.1 Å². The summed E-state index contributed by atoms with van der Waals surface area (Å²) in [5.41, 5.74) is 10.5. The summed E-state index contributed by atoms with van der Waals surface area (Å²) in [6.45, 7) is 4.03. The molecule has 2 aromatic rings. The van der Waals surface area contributed by atoms with Crippen LogP contribution in [0.3, 0.4) is 0 Å². The predicted molar refractivity (Wildman–Crippen MR) is 120 cm³/mol. The molecule has 2 amide bonds. The number of hydrazine groups is 1. The normalized spacial score (nSPS) is 18.5. The Hall–Kier alpha value is -3.04. The van der Waals surface area contributed by atoms with Crippen molar-refractivity contribution >= 4 is 6.03 Å². The zero-order chi connectivity index (χ0) is 22.8. The van der Waals surface area contributed by atoms with Crippen LogP contribution in [-0.2, 0) is 13.1 Å². The molecule has 8 nitrogen and oxygen atoms in total. The van der Waals surface area contributed by atoms with Gasteiger partial charge in [-0.3, -0.25) is 10.9 Å². The predicted octanol–water partition coefficient (Wildman–Crippen LogP) is 3.33. The van der Waals surface area contributed by atoms with E-state index < -0.39 is 0 Å². The summed E-state index contributed by atoms with van der Waals surface area (Å²) in [6.07, 6.45) is 6.20. The number of allylic oxidation sites excluding steroid dienone is 1. The maximum Gasteiger partial charge on any atom is 0.322 e. The van der Waals surface area contributed by atoms with Crippen molar-refractivity contribution in [2.24, 2.45) is 5.92 Å². The molecule has 0 bridgehead atoms. The molecule has 1 aromatic heterocycles. The minimum Gasteiger partial charge on any atom is -0.490 e. The number of amides is 2. The van der Waals surface area contributed by atoms with Crippen molar-refractivity contribution in [2.75, 3.05) is 13.2 Å². The number of rotatable bonds is 10. The van der Waals surface area contributed by atoms with Gasteiger partial charge in [-0.25, -0.2) is 19.2 Å². The van der Waals surface area contributed by atoms with Crippen LogP contribution in [0.25, 0.3) is 0 Å². The number of nitrogens with one attached hydrogen (secondary N) is 3. The monoisotopic (exact) mass is 452 g/mol. The van der Waals surface area contributed by atoms with Crippen molar-refractivity contribution < 1.29 is 13.9 Å². The maximum atomic E-state index is 14.0. The third-order valence-electron chi connectivity index (χ3n) is 6.13. The molecule has 2 aliphatic carbocycles. The van der Waals surface area contributed by atoms with E-state index in [4.69, 9.17) is 4.74 Å². The molecule has 1 aliphatic heterocycles. The summed E-state index contributed by atoms with van der Waals surface area (Å²) in [4.78, 5) is 22.8. The van der Waals surface area contributed by atoms with Crippen LogP contribution >= 0.6 is 0 Å². The number of urea groups is 1. The Morgan fingerprint density at radius 2 is 2.15 bits per heavy atom. The summed E-state index contributed by atoms with van der Waals surface area (Å²) in [5, 5.41) is 2.94. The molecule has 1 unspecified atom stereocenters. The third kappa shape index (κ3) is 5.66. The second-order valence-electron chi connectivity index (χ2n) is 9.00. The van der Waals surface area contributed by atoms with Crippen molar-refractivity contribution in [3.63, 3.8) is 0 Å². The maximum absolute atomic E-state index is 14.0. The van der Waals surface area contributed by atoms with Gasteiger partial charge >= 0.3 is 6.03 Å². The van der Waals surface area contributed by atoms with Gasteiger partial charge in [0.25, 0.3) is 0 Å². The molecule has 33 heavy (non-hydrogen) atoms. The number of hydrogen-bond acceptors (Lipinski definition) is 6. The third-order valence-corrected chi connectivity index (χ3v) is 6.13. The lowest BCUT2D eigenvalue weighted by Crippen LogP contribution is -2.34. The molecule has 3 aliphatic rings. The van der Waals surface area contributed by atoms with Crippen molar-refractivity contribution in [1.82, 2.24) is 31.0 Å². The standard InChI is InChI=1S/C24H29FN6O2/c1-15(18-6-7-20(25)22(10-18)33-14-16-2-3-16)30-27-11-19-8-9-26-23(28-19)13-31-12-21(17-4-5-17)29-24(31)32/h6-10,15-16,27,30H,2-5,11-14H2,1H3,(H,29,32). The molecule has 1 aromatic carbocycles. The first-order chi connectivity index (χ1) is 16.0. The van der Waals surface area contributed by atoms with E-state index in [0.29, 0.717) is 43.7 Å². The highest BCUT2D eigenvalue weighted by atomic mass is 19.1. The van der Waals surface area contributed by atoms with Gasteiger partial charge in [0.05, 0.1) is 31.9 Å². The quantitative estimate of drug-likeness (QED) is 0.479. The van der Waals surface area contributed by atoms with Gasteiger partial charge in [0.2, 0.25) is 0 Å². The molecular formula is C24H29FN6O2. The van der Waals surface area contributed by atoms with E-state index in [2.05, 4.69) is 26.1 Å². The molecule has 2 saturated carbocycles. The topological polar surface area (TPSA) is 91.4 Å². The number of nitrogens with zero attached hydrogens (tertiary/aromatic N) is 3. The van der Waals surface area contributed by atoms with Crippen molar-refractivity contribution in [2.45, 2.75) is 51.7 Å². The molecule has 174 valence electrons. The van der Waals surface area contributed by atoms with Crippen LogP contribution in [0, 0.1) is 11.7 Å². The molecule has 0 radical (unpaired) electrons. The molecule has 1 atom stereocenters. The summed E-state index contributed by atoms with van der Waals surface area (Å²) >= 11 is 0. The molecule has 1 saturated heterocycles. The number of hydrogen-bond donors (Lipinski definition) is 3. The van der Waals surface area contributed by atoms with E-state index in [1.54, 1.807) is 23.2 Å². The van der Waals surface area contributed by atoms with Gasteiger partial charge in [-0.05, 0) is 67.9 Å². The fourth-order valence-electron chi connectivity index (χ4n) is 3.76. The number of aromatic nitrogens is 2. The average molecular weight is 453 g/mol. The summed E-state index contributed by atoms with van der Waals surface area (Å²) in [7, 11) is 0. The molecule has 5 rings (SSSR count). The minimum atomic E-state index is -0.333. The number of carbonyl (C=O) groups is 1. The molecular weight excluding hydrogens is 423 g/mol. The number of benzene rings is 1. The Bertz CT molecular complexity index is 1060. The Kier molecular flexibility index (Phi) is 6.24. The largest absolute Gasteiger partial charge is 0.490 e. The number of carbonyl (C=O) groups excluding carboxylic acids is 1. The van der Waals surface area contributed by atoms with E-state index in [1.807, 2.05) is 13.0 Å². The summed E-state index contributed by atoms with van der Waals surface area (Å²) < 4.78 is 19.7. The highest BCUT2D eigenvalue weighted by molar-refractivity contribution is 5.80. The highest BCUT2D eigenvalue weighted by Crippen LogP contribution is 2.33. The molecule has 2 heterocycles. The van der Waals surface area contributed by atoms with Gasteiger partial charge in [0.1, 0.15) is 5.82 Å². The first-order valence-corrected chi connectivity index (χ1v) is 11.5. The fourth-order valence-corrected chi connectivity index (χ4v) is 3.76. The zero-order valence-electron chi connectivity index (χ0n) is 18.7. The fraction of sp³-hybridized carbons (Fsp3) is 0.458. The van der Waals surface area contributed by atoms with Crippen LogP contribution in [0.5, 0.6) is 5.75 Å². The van der Waals surface area contributed by atoms with Crippen molar-refractivity contribution in [1.29, 1.82) is 0 Å². The van der Waals surface area contributed by atoms with E-state index in [1.165, 1.54) is 11.6 Å². The van der Waals surface area contributed by atoms with Crippen molar-refractivity contribution in [3.8, 4) is 5.75 Å². The van der Waals surface area contributed by atoms with Gasteiger partial charge < -0.3 is 15.0 Å². The smallest absolute Gasteiger partial charge is 0.322 e. The van der Waals surface area contributed by atoms with Crippen LogP contribution in [0.4, 0.5) is 9.18 Å². The molecule has 0 spiro atoms. The van der Waals surface area contributed by atoms with E-state index in [9.17, 15) is 9.18 Å². The zero-order valence-corrected chi connectivity index (χ0v) is 18.7. The van der Waals surface area contributed by atoms with Gasteiger partial charge in [-0.1, -0.05) is 6.07 Å². The Morgan fingerprint density at radius 3 is 2.94 bits per heavy atom. The number of ether oxygens (including phenoxy) is 1. The van der Waals surface area contributed by atoms with E-state index >= 15 is 0 Å². The lowest BCUT2D eigenvalue weighted by Gasteiger charge is -2.17. The molecule has 3 fully saturated rings. The van der Waals surface area contributed by atoms with Crippen LogP contribution in [0.15, 0.2) is 41.7 Å².